The van der Waals surface area contributed by atoms with Gasteiger partial charge in [-0.1, -0.05) is 6.92 Å². The van der Waals surface area contributed by atoms with E-state index in [-0.39, 0.29) is 0 Å². The largest absolute Gasteiger partial charge is 0.378 e. The monoisotopic (exact) mass is 198 g/mol. The van der Waals surface area contributed by atoms with E-state index in [0.29, 0.717) is 6.04 Å². The molecule has 0 radical (unpaired) electrons. The molecule has 0 amide bonds. The first-order valence-electron chi connectivity index (χ1n) is 5.95. The third-order valence-corrected chi connectivity index (χ3v) is 3.08. The van der Waals surface area contributed by atoms with Crippen LogP contribution in [0.1, 0.15) is 26.2 Å². The second-order valence-corrected chi connectivity index (χ2v) is 4.45. The van der Waals surface area contributed by atoms with Crippen molar-refractivity contribution in [3.8, 4) is 0 Å². The van der Waals surface area contributed by atoms with E-state index in [1.54, 1.807) is 0 Å². The second-order valence-electron chi connectivity index (χ2n) is 4.45. The van der Waals surface area contributed by atoms with Gasteiger partial charge in [0.2, 0.25) is 0 Å². The van der Waals surface area contributed by atoms with Crippen LogP contribution in [0.2, 0.25) is 0 Å². The highest BCUT2D eigenvalue weighted by atomic mass is 16.5. The highest BCUT2D eigenvalue weighted by molar-refractivity contribution is 4.85. The van der Waals surface area contributed by atoms with Gasteiger partial charge in [-0.15, -0.1) is 0 Å². The van der Waals surface area contributed by atoms with Gasteiger partial charge in [-0.2, -0.15) is 0 Å². The van der Waals surface area contributed by atoms with Crippen molar-refractivity contribution < 1.29 is 4.74 Å². The molecule has 2 fully saturated rings. The van der Waals surface area contributed by atoms with Gasteiger partial charge in [-0.3, -0.25) is 4.90 Å². The minimum atomic E-state index is 0.615. The Bertz CT molecular complexity index is 169. The van der Waals surface area contributed by atoms with Crippen LogP contribution in [-0.2, 0) is 4.74 Å². The summed E-state index contributed by atoms with van der Waals surface area (Å²) in [6.07, 6.45) is 4.00. The molecule has 1 aliphatic carbocycles. The van der Waals surface area contributed by atoms with Crippen LogP contribution in [0.25, 0.3) is 0 Å². The van der Waals surface area contributed by atoms with Gasteiger partial charge in [-0.25, -0.2) is 0 Å². The second kappa shape index (κ2) is 5.10. The summed E-state index contributed by atoms with van der Waals surface area (Å²) in [5.74, 6) is 0. The van der Waals surface area contributed by atoms with Crippen LogP contribution in [0.15, 0.2) is 0 Å². The van der Waals surface area contributed by atoms with Crippen molar-refractivity contribution in [3.63, 3.8) is 0 Å². The van der Waals surface area contributed by atoms with Crippen LogP contribution in [0.4, 0.5) is 0 Å². The van der Waals surface area contributed by atoms with Gasteiger partial charge in [0, 0.05) is 25.2 Å². The first-order chi connectivity index (χ1) is 6.90. The minimum Gasteiger partial charge on any atom is -0.378 e. The fourth-order valence-corrected chi connectivity index (χ4v) is 2.05. The molecular formula is C11H22N2O. The third-order valence-electron chi connectivity index (χ3n) is 3.08. The highest BCUT2D eigenvalue weighted by Crippen LogP contribution is 2.19. The molecule has 0 aromatic carbocycles. The summed E-state index contributed by atoms with van der Waals surface area (Å²) in [6.45, 7) is 7.54. The van der Waals surface area contributed by atoms with E-state index >= 15 is 0 Å². The Kier molecular flexibility index (Phi) is 3.79. The van der Waals surface area contributed by atoms with Crippen LogP contribution >= 0.6 is 0 Å². The minimum absolute atomic E-state index is 0.615. The summed E-state index contributed by atoms with van der Waals surface area (Å²) in [5.41, 5.74) is 0. The summed E-state index contributed by atoms with van der Waals surface area (Å²) >= 11 is 0. The topological polar surface area (TPSA) is 24.5 Å². The van der Waals surface area contributed by atoms with E-state index in [1.165, 1.54) is 25.8 Å². The summed E-state index contributed by atoms with van der Waals surface area (Å²) in [5, 5.41) is 3.59. The summed E-state index contributed by atoms with van der Waals surface area (Å²) in [4.78, 5) is 2.57. The van der Waals surface area contributed by atoms with Gasteiger partial charge in [0.25, 0.3) is 0 Å². The molecule has 14 heavy (non-hydrogen) atoms. The van der Waals surface area contributed by atoms with Crippen molar-refractivity contribution in [1.82, 2.24) is 10.2 Å². The highest BCUT2D eigenvalue weighted by Gasteiger charge is 2.26. The van der Waals surface area contributed by atoms with E-state index in [4.69, 9.17) is 4.74 Å². The van der Waals surface area contributed by atoms with Crippen LogP contribution in [0.5, 0.6) is 0 Å². The Morgan fingerprint density at radius 2 is 2.29 bits per heavy atom. The van der Waals surface area contributed by atoms with E-state index < -0.39 is 0 Å². The first-order valence-corrected chi connectivity index (χ1v) is 5.95. The molecule has 1 heterocycles. The maximum atomic E-state index is 5.53. The van der Waals surface area contributed by atoms with E-state index in [1.807, 2.05) is 0 Å². The number of hydrogen-bond donors (Lipinski definition) is 1. The number of ether oxygens (including phenoxy) is 1. The molecule has 1 saturated heterocycles. The Hall–Kier alpha value is -0.120. The molecule has 1 atom stereocenters. The number of hydrogen-bond acceptors (Lipinski definition) is 3. The van der Waals surface area contributed by atoms with Gasteiger partial charge >= 0.3 is 0 Å². The Labute approximate surface area is 86.8 Å². The predicted octanol–water partition coefficient (Wildman–Crippen LogP) is 0.849. The lowest BCUT2D eigenvalue weighted by Crippen LogP contribution is -2.50. The molecule has 1 unspecified atom stereocenters. The summed E-state index contributed by atoms with van der Waals surface area (Å²) in [7, 11) is 0. The van der Waals surface area contributed by atoms with Gasteiger partial charge in [0.1, 0.15) is 0 Å². The molecule has 3 nitrogen and oxygen atoms in total. The van der Waals surface area contributed by atoms with Gasteiger partial charge in [-0.05, 0) is 25.8 Å². The van der Waals surface area contributed by atoms with Crippen molar-refractivity contribution >= 4 is 0 Å². The van der Waals surface area contributed by atoms with Crippen molar-refractivity contribution in [2.24, 2.45) is 0 Å². The number of nitrogens with one attached hydrogen (secondary N) is 1. The number of rotatable bonds is 5. The average Bonchev–Trinajstić information content (AvgIpc) is 3.01. The van der Waals surface area contributed by atoms with Crippen molar-refractivity contribution in [2.45, 2.75) is 38.3 Å². The van der Waals surface area contributed by atoms with Gasteiger partial charge in [0.05, 0.1) is 13.2 Å². The van der Waals surface area contributed by atoms with Gasteiger partial charge < -0.3 is 10.1 Å². The molecule has 2 aliphatic rings. The molecule has 82 valence electrons. The lowest BCUT2D eigenvalue weighted by molar-refractivity contribution is -0.00672. The molecule has 0 aromatic rings. The van der Waals surface area contributed by atoms with Crippen LogP contribution in [-0.4, -0.2) is 49.8 Å². The number of morpholine rings is 1. The summed E-state index contributed by atoms with van der Waals surface area (Å²) in [6, 6.07) is 1.43. The van der Waals surface area contributed by atoms with Crippen molar-refractivity contribution in [2.75, 3.05) is 32.8 Å². The Balaban J connectivity index is 1.72. The van der Waals surface area contributed by atoms with E-state index in [9.17, 15) is 0 Å². The molecule has 2 rings (SSSR count). The fraction of sp³-hybridized carbons (Fsp3) is 1.00. The SMILES string of the molecule is CCCN1CCOCC1CNC1CC1. The zero-order valence-corrected chi connectivity index (χ0v) is 9.17. The van der Waals surface area contributed by atoms with E-state index in [0.717, 1.165) is 32.3 Å². The van der Waals surface area contributed by atoms with Crippen molar-refractivity contribution in [3.05, 3.63) is 0 Å². The van der Waals surface area contributed by atoms with E-state index in [2.05, 4.69) is 17.1 Å². The standard InChI is InChI=1S/C11H22N2O/c1-2-5-13-6-7-14-9-11(13)8-12-10-3-4-10/h10-12H,2-9H2,1H3. The summed E-state index contributed by atoms with van der Waals surface area (Å²) < 4.78 is 5.53. The zero-order valence-electron chi connectivity index (χ0n) is 9.17. The Morgan fingerprint density at radius 1 is 1.43 bits per heavy atom. The van der Waals surface area contributed by atoms with Crippen LogP contribution < -0.4 is 5.32 Å². The fourth-order valence-electron chi connectivity index (χ4n) is 2.05. The number of nitrogens with zero attached hydrogens (tertiary/aromatic N) is 1. The van der Waals surface area contributed by atoms with Crippen LogP contribution in [0, 0.1) is 0 Å². The van der Waals surface area contributed by atoms with Crippen molar-refractivity contribution in [1.29, 1.82) is 0 Å². The molecule has 0 aromatic heterocycles. The maximum Gasteiger partial charge on any atom is 0.0634 e. The molecule has 1 aliphatic heterocycles. The normalized spacial score (nSPS) is 29.4. The quantitative estimate of drug-likeness (QED) is 0.709. The first kappa shape index (κ1) is 10.4. The third kappa shape index (κ3) is 2.94. The van der Waals surface area contributed by atoms with Gasteiger partial charge in [0.15, 0.2) is 0 Å². The average molecular weight is 198 g/mol. The lowest BCUT2D eigenvalue weighted by atomic mass is 10.2. The predicted molar refractivity (Wildman–Crippen MR) is 57.5 cm³/mol. The lowest BCUT2D eigenvalue weighted by Gasteiger charge is -2.35. The molecule has 0 spiro atoms. The maximum absolute atomic E-state index is 5.53. The van der Waals surface area contributed by atoms with Crippen LogP contribution in [0.3, 0.4) is 0 Å². The zero-order chi connectivity index (χ0) is 9.80. The molecule has 0 bridgehead atoms. The molecule has 1 N–H and O–H groups in total. The molecule has 1 saturated carbocycles. The Morgan fingerprint density at radius 3 is 3.00 bits per heavy atom. The molecule has 3 heteroatoms. The smallest absolute Gasteiger partial charge is 0.0634 e. The molecular weight excluding hydrogens is 176 g/mol.